The number of nitrogen functional groups attached to an aromatic ring is 1. The van der Waals surface area contributed by atoms with E-state index in [4.69, 9.17) is 5.73 Å². The first kappa shape index (κ1) is 9.08. The molecule has 2 nitrogen and oxygen atoms in total. The predicted molar refractivity (Wildman–Crippen MR) is 53.5 cm³/mol. The lowest BCUT2D eigenvalue weighted by Gasteiger charge is -1.96. The molecule has 0 saturated carbocycles. The Morgan fingerprint density at radius 3 is 3.00 bits per heavy atom. The van der Waals surface area contributed by atoms with Gasteiger partial charge in [-0.25, -0.2) is 4.98 Å². The summed E-state index contributed by atoms with van der Waals surface area (Å²) in [5.74, 6) is 5.80. The van der Waals surface area contributed by atoms with Gasteiger partial charge in [-0.15, -0.1) is 0 Å². The van der Waals surface area contributed by atoms with Crippen LogP contribution in [0.25, 0.3) is 0 Å². The van der Waals surface area contributed by atoms with Crippen molar-refractivity contribution >= 4 is 21.6 Å². The summed E-state index contributed by atoms with van der Waals surface area (Å²) in [4.78, 5) is 4.07. The molecule has 1 aromatic heterocycles. The van der Waals surface area contributed by atoms with Gasteiger partial charge < -0.3 is 5.73 Å². The SMILES string of the molecule is CCC#Cc1ncc(Br)cc1N. The molecule has 3 heteroatoms. The van der Waals surface area contributed by atoms with Gasteiger partial charge in [0.05, 0.1) is 5.69 Å². The normalized spacial score (nSPS) is 8.83. The van der Waals surface area contributed by atoms with Gasteiger partial charge in [0.15, 0.2) is 0 Å². The van der Waals surface area contributed by atoms with Gasteiger partial charge >= 0.3 is 0 Å². The van der Waals surface area contributed by atoms with E-state index >= 15 is 0 Å². The number of aromatic nitrogens is 1. The Labute approximate surface area is 80.3 Å². The maximum atomic E-state index is 5.67. The van der Waals surface area contributed by atoms with Crippen LogP contribution in [0.2, 0.25) is 0 Å². The first-order chi connectivity index (χ1) is 5.74. The van der Waals surface area contributed by atoms with E-state index in [2.05, 4.69) is 32.8 Å². The average Bonchev–Trinajstić information content (AvgIpc) is 2.03. The Hall–Kier alpha value is -1.01. The van der Waals surface area contributed by atoms with Crippen molar-refractivity contribution in [3.63, 3.8) is 0 Å². The lowest BCUT2D eigenvalue weighted by Crippen LogP contribution is -1.92. The molecule has 0 atom stereocenters. The van der Waals surface area contributed by atoms with E-state index in [0.29, 0.717) is 11.4 Å². The molecule has 1 rings (SSSR count). The van der Waals surface area contributed by atoms with Gasteiger partial charge in [-0.05, 0) is 27.9 Å². The van der Waals surface area contributed by atoms with Gasteiger partial charge in [0, 0.05) is 17.1 Å². The number of rotatable bonds is 0. The van der Waals surface area contributed by atoms with Crippen molar-refractivity contribution in [1.82, 2.24) is 4.98 Å². The number of hydrogen-bond acceptors (Lipinski definition) is 2. The molecule has 1 aromatic rings. The Morgan fingerprint density at radius 2 is 2.42 bits per heavy atom. The van der Waals surface area contributed by atoms with E-state index < -0.39 is 0 Å². The largest absolute Gasteiger partial charge is 0.396 e. The second-order valence-electron chi connectivity index (χ2n) is 2.25. The van der Waals surface area contributed by atoms with Crippen LogP contribution in [-0.4, -0.2) is 4.98 Å². The van der Waals surface area contributed by atoms with Crippen molar-refractivity contribution < 1.29 is 0 Å². The van der Waals surface area contributed by atoms with Crippen LogP contribution >= 0.6 is 15.9 Å². The Balaban J connectivity index is 3.01. The summed E-state index contributed by atoms with van der Waals surface area (Å²) in [7, 11) is 0. The molecule has 0 aromatic carbocycles. The smallest absolute Gasteiger partial charge is 0.136 e. The molecule has 0 saturated heterocycles. The first-order valence-corrected chi connectivity index (χ1v) is 4.43. The van der Waals surface area contributed by atoms with Crippen LogP contribution in [-0.2, 0) is 0 Å². The average molecular weight is 225 g/mol. The van der Waals surface area contributed by atoms with Crippen molar-refractivity contribution in [1.29, 1.82) is 0 Å². The van der Waals surface area contributed by atoms with Crippen molar-refractivity contribution in [2.45, 2.75) is 13.3 Å². The van der Waals surface area contributed by atoms with Crippen LogP contribution in [0.4, 0.5) is 5.69 Å². The van der Waals surface area contributed by atoms with Crippen LogP contribution < -0.4 is 5.73 Å². The monoisotopic (exact) mass is 224 g/mol. The minimum atomic E-state index is 0.616. The second kappa shape index (κ2) is 4.13. The molecule has 0 aliphatic rings. The van der Waals surface area contributed by atoms with E-state index in [9.17, 15) is 0 Å². The summed E-state index contributed by atoms with van der Waals surface area (Å²) >= 11 is 3.27. The summed E-state index contributed by atoms with van der Waals surface area (Å²) in [6.07, 6.45) is 2.51. The summed E-state index contributed by atoms with van der Waals surface area (Å²) in [5, 5.41) is 0. The van der Waals surface area contributed by atoms with Crippen molar-refractivity contribution in [2.75, 3.05) is 5.73 Å². The van der Waals surface area contributed by atoms with Crippen LogP contribution in [0.5, 0.6) is 0 Å². The molecule has 0 spiro atoms. The maximum Gasteiger partial charge on any atom is 0.136 e. The van der Waals surface area contributed by atoms with E-state index in [1.54, 1.807) is 12.3 Å². The van der Waals surface area contributed by atoms with Crippen LogP contribution in [0.1, 0.15) is 19.0 Å². The number of pyridine rings is 1. The molecule has 62 valence electrons. The van der Waals surface area contributed by atoms with E-state index in [-0.39, 0.29) is 0 Å². The summed E-state index contributed by atoms with van der Waals surface area (Å²) < 4.78 is 0.877. The minimum absolute atomic E-state index is 0.616. The molecule has 0 amide bonds. The fourth-order valence-electron chi connectivity index (χ4n) is 0.731. The Morgan fingerprint density at radius 1 is 1.67 bits per heavy atom. The molecule has 0 aliphatic carbocycles. The lowest BCUT2D eigenvalue weighted by atomic mass is 10.3. The fraction of sp³-hybridized carbons (Fsp3) is 0.222. The zero-order valence-corrected chi connectivity index (χ0v) is 8.35. The van der Waals surface area contributed by atoms with Gasteiger partial charge in [0.1, 0.15) is 5.69 Å². The number of nitrogens with zero attached hydrogens (tertiary/aromatic N) is 1. The highest BCUT2D eigenvalue weighted by Crippen LogP contribution is 2.14. The molecule has 12 heavy (non-hydrogen) atoms. The number of anilines is 1. The highest BCUT2D eigenvalue weighted by atomic mass is 79.9. The predicted octanol–water partition coefficient (Wildman–Crippen LogP) is 2.19. The minimum Gasteiger partial charge on any atom is -0.396 e. The molecule has 0 bridgehead atoms. The standard InChI is InChI=1S/C9H9BrN2/c1-2-3-4-9-8(11)5-7(10)6-12-9/h5-6H,2,11H2,1H3. The van der Waals surface area contributed by atoms with Crippen LogP contribution in [0.15, 0.2) is 16.7 Å². The summed E-state index contributed by atoms with van der Waals surface area (Å²) in [6, 6.07) is 1.80. The number of hydrogen-bond donors (Lipinski definition) is 1. The molecule has 1 heterocycles. The summed E-state index contributed by atoms with van der Waals surface area (Å²) in [6.45, 7) is 1.99. The molecular formula is C9H9BrN2. The van der Waals surface area contributed by atoms with Crippen molar-refractivity contribution in [3.05, 3.63) is 22.4 Å². The zero-order valence-electron chi connectivity index (χ0n) is 6.76. The van der Waals surface area contributed by atoms with Gasteiger partial charge in [-0.3, -0.25) is 0 Å². The quantitative estimate of drug-likeness (QED) is 0.687. The van der Waals surface area contributed by atoms with E-state index in [0.717, 1.165) is 10.9 Å². The second-order valence-corrected chi connectivity index (χ2v) is 3.16. The van der Waals surface area contributed by atoms with E-state index in [1.807, 2.05) is 6.92 Å². The third-order valence-corrected chi connectivity index (χ3v) is 1.70. The van der Waals surface area contributed by atoms with Crippen LogP contribution in [0.3, 0.4) is 0 Å². The van der Waals surface area contributed by atoms with Crippen LogP contribution in [0, 0.1) is 11.8 Å². The highest BCUT2D eigenvalue weighted by Gasteiger charge is 1.96. The topological polar surface area (TPSA) is 38.9 Å². The zero-order chi connectivity index (χ0) is 8.97. The van der Waals surface area contributed by atoms with Gasteiger partial charge in [0.2, 0.25) is 0 Å². The molecule has 0 radical (unpaired) electrons. The van der Waals surface area contributed by atoms with Crippen molar-refractivity contribution in [3.8, 4) is 11.8 Å². The Kier molecular flexibility index (Phi) is 3.12. The third-order valence-electron chi connectivity index (χ3n) is 1.27. The highest BCUT2D eigenvalue weighted by molar-refractivity contribution is 9.10. The van der Waals surface area contributed by atoms with Gasteiger partial charge in [-0.2, -0.15) is 0 Å². The maximum absolute atomic E-state index is 5.67. The summed E-state index contributed by atoms with van der Waals surface area (Å²) in [5.41, 5.74) is 6.94. The van der Waals surface area contributed by atoms with Gasteiger partial charge in [0.25, 0.3) is 0 Å². The fourth-order valence-corrected chi connectivity index (χ4v) is 1.08. The van der Waals surface area contributed by atoms with Gasteiger partial charge in [-0.1, -0.05) is 12.8 Å². The first-order valence-electron chi connectivity index (χ1n) is 3.64. The number of nitrogens with two attached hydrogens (primary N) is 1. The molecular weight excluding hydrogens is 216 g/mol. The molecule has 0 unspecified atom stereocenters. The number of halogens is 1. The Bertz CT molecular complexity index is 336. The third kappa shape index (κ3) is 2.24. The lowest BCUT2D eigenvalue weighted by molar-refractivity contribution is 1.25. The molecule has 2 N–H and O–H groups in total. The van der Waals surface area contributed by atoms with E-state index in [1.165, 1.54) is 0 Å². The molecule has 0 fully saturated rings. The van der Waals surface area contributed by atoms with Crippen molar-refractivity contribution in [2.24, 2.45) is 0 Å². The molecule has 0 aliphatic heterocycles.